The Morgan fingerprint density at radius 1 is 1.05 bits per heavy atom. The molecule has 2 aromatic rings. The fraction of sp³-hybridized carbons (Fsp3) is 0.481. The smallest absolute Gasteiger partial charge is 0.244 e. The summed E-state index contributed by atoms with van der Waals surface area (Å²) in [7, 11) is -3.87. The minimum absolute atomic E-state index is 0.00472. The van der Waals surface area contributed by atoms with E-state index in [4.69, 9.17) is 32.7 Å². The SMILES string of the molecule is CCS(=O)(=O)N(CC(=O)N(Cc1ccc(Cl)cc1Cl)[C@@H](C)C(=O)NC1CCCCC1)c1ccc2c(c1)OCO2. The van der Waals surface area contributed by atoms with E-state index in [0.717, 1.165) is 36.4 Å². The van der Waals surface area contributed by atoms with E-state index in [9.17, 15) is 18.0 Å². The molecule has 1 fully saturated rings. The first-order chi connectivity index (χ1) is 18.6. The van der Waals surface area contributed by atoms with E-state index in [-0.39, 0.29) is 36.7 Å². The molecule has 2 amide bonds. The molecule has 4 rings (SSSR count). The van der Waals surface area contributed by atoms with Crippen LogP contribution < -0.4 is 19.1 Å². The molecule has 2 aromatic carbocycles. The van der Waals surface area contributed by atoms with Crippen molar-refractivity contribution in [3.63, 3.8) is 0 Å². The summed E-state index contributed by atoms with van der Waals surface area (Å²) in [6.07, 6.45) is 5.01. The maximum Gasteiger partial charge on any atom is 0.244 e. The van der Waals surface area contributed by atoms with Crippen LogP contribution in [0.4, 0.5) is 5.69 Å². The molecule has 0 bridgehead atoms. The van der Waals surface area contributed by atoms with Crippen LogP contribution in [0, 0.1) is 0 Å². The standard InChI is InChI=1S/C27H33Cl2N3O6S/c1-3-39(35,36)32(22-11-12-24-25(14-22)38-17-37-24)16-26(33)31(15-19-9-10-20(28)13-23(19)29)18(2)27(34)30-21-7-5-4-6-8-21/h9-14,18,21H,3-8,15-17H2,1-2H3,(H,30,34)/t18-/m0/s1. The van der Waals surface area contributed by atoms with E-state index in [1.165, 1.54) is 17.9 Å². The fourth-order valence-electron chi connectivity index (χ4n) is 4.74. The Morgan fingerprint density at radius 2 is 1.77 bits per heavy atom. The lowest BCUT2D eigenvalue weighted by Gasteiger charge is -2.33. The van der Waals surface area contributed by atoms with Crippen molar-refractivity contribution in [1.82, 2.24) is 10.2 Å². The molecule has 0 aromatic heterocycles. The van der Waals surface area contributed by atoms with Gasteiger partial charge in [0.1, 0.15) is 12.6 Å². The van der Waals surface area contributed by atoms with Gasteiger partial charge in [0.25, 0.3) is 0 Å². The van der Waals surface area contributed by atoms with E-state index >= 15 is 0 Å². The molecule has 1 aliphatic carbocycles. The molecule has 0 unspecified atom stereocenters. The zero-order valence-corrected chi connectivity index (χ0v) is 24.3. The van der Waals surface area contributed by atoms with Gasteiger partial charge in [0.15, 0.2) is 11.5 Å². The number of hydrogen-bond acceptors (Lipinski definition) is 6. The normalized spacial score (nSPS) is 16.0. The third-order valence-corrected chi connectivity index (χ3v) is 9.43. The van der Waals surface area contributed by atoms with E-state index in [0.29, 0.717) is 27.1 Å². The number of fused-ring (bicyclic) bond motifs is 1. The highest BCUT2D eigenvalue weighted by molar-refractivity contribution is 7.92. The van der Waals surface area contributed by atoms with Gasteiger partial charge < -0.3 is 19.7 Å². The van der Waals surface area contributed by atoms with Gasteiger partial charge in [-0.2, -0.15) is 0 Å². The van der Waals surface area contributed by atoms with Crippen molar-refractivity contribution in [2.45, 2.75) is 64.6 Å². The van der Waals surface area contributed by atoms with Crippen molar-refractivity contribution in [2.24, 2.45) is 0 Å². The van der Waals surface area contributed by atoms with E-state index < -0.39 is 28.5 Å². The fourth-order valence-corrected chi connectivity index (χ4v) is 6.27. The topological polar surface area (TPSA) is 105 Å². The Bertz CT molecular complexity index is 1320. The van der Waals surface area contributed by atoms with Gasteiger partial charge in [-0.1, -0.05) is 48.5 Å². The maximum absolute atomic E-state index is 13.9. The second kappa shape index (κ2) is 12.7. The molecule has 1 atom stereocenters. The monoisotopic (exact) mass is 597 g/mol. The number of nitrogens with zero attached hydrogens (tertiary/aromatic N) is 2. The molecule has 12 heteroatoms. The molecule has 39 heavy (non-hydrogen) atoms. The van der Waals surface area contributed by atoms with Crippen molar-refractivity contribution in [2.75, 3.05) is 23.4 Å². The summed E-state index contributed by atoms with van der Waals surface area (Å²) in [5.74, 6) is -0.197. The molecular formula is C27H33Cl2N3O6S. The van der Waals surface area contributed by atoms with Gasteiger partial charge in [-0.15, -0.1) is 0 Å². The number of carbonyl (C=O) groups is 2. The molecule has 9 nitrogen and oxygen atoms in total. The summed E-state index contributed by atoms with van der Waals surface area (Å²) < 4.78 is 38.1. The largest absolute Gasteiger partial charge is 0.454 e. The number of carbonyl (C=O) groups excluding carboxylic acids is 2. The molecule has 0 saturated heterocycles. The van der Waals surface area contributed by atoms with Crippen molar-refractivity contribution in [1.29, 1.82) is 0 Å². The highest BCUT2D eigenvalue weighted by Gasteiger charge is 2.33. The van der Waals surface area contributed by atoms with Gasteiger partial charge in [-0.25, -0.2) is 8.42 Å². The first-order valence-electron chi connectivity index (χ1n) is 13.0. The van der Waals surface area contributed by atoms with Crippen molar-refractivity contribution >= 4 is 50.7 Å². The van der Waals surface area contributed by atoms with Crippen molar-refractivity contribution in [3.8, 4) is 11.5 Å². The van der Waals surface area contributed by atoms with Crippen LogP contribution in [0.25, 0.3) is 0 Å². The Hall–Kier alpha value is -2.69. The second-order valence-corrected chi connectivity index (χ2v) is 12.7. The Morgan fingerprint density at radius 3 is 2.46 bits per heavy atom. The van der Waals surface area contributed by atoms with Crippen LogP contribution in [0.3, 0.4) is 0 Å². The summed E-state index contributed by atoms with van der Waals surface area (Å²) in [6, 6.07) is 8.77. The third kappa shape index (κ3) is 7.10. The van der Waals surface area contributed by atoms with Gasteiger partial charge in [0, 0.05) is 28.7 Å². The predicted molar refractivity (Wildman–Crippen MR) is 151 cm³/mol. The number of halogens is 2. The minimum Gasteiger partial charge on any atom is -0.454 e. The highest BCUT2D eigenvalue weighted by atomic mass is 35.5. The lowest BCUT2D eigenvalue weighted by molar-refractivity contribution is -0.139. The zero-order chi connectivity index (χ0) is 28.2. The Labute approximate surface area is 239 Å². The molecule has 1 saturated carbocycles. The summed E-state index contributed by atoms with van der Waals surface area (Å²) in [5.41, 5.74) is 0.845. The number of benzene rings is 2. The lowest BCUT2D eigenvalue weighted by atomic mass is 9.95. The third-order valence-electron chi connectivity index (χ3n) is 7.10. The van der Waals surface area contributed by atoms with Crippen molar-refractivity contribution < 1.29 is 27.5 Å². The van der Waals surface area contributed by atoms with Gasteiger partial charge >= 0.3 is 0 Å². The van der Waals surface area contributed by atoms with Crippen LogP contribution in [-0.4, -0.2) is 56.3 Å². The average Bonchev–Trinajstić information content (AvgIpc) is 3.39. The van der Waals surface area contributed by atoms with Gasteiger partial charge in [0.2, 0.25) is 28.6 Å². The Balaban J connectivity index is 1.63. The number of sulfonamides is 1. The van der Waals surface area contributed by atoms with Crippen LogP contribution in [-0.2, 0) is 26.2 Å². The van der Waals surface area contributed by atoms with Crippen LogP contribution >= 0.6 is 23.2 Å². The number of hydrogen-bond donors (Lipinski definition) is 1. The molecule has 0 radical (unpaired) electrons. The van der Waals surface area contributed by atoms with Gasteiger partial charge in [-0.3, -0.25) is 13.9 Å². The van der Waals surface area contributed by atoms with Gasteiger partial charge in [0.05, 0.1) is 11.4 Å². The molecule has 1 heterocycles. The molecule has 212 valence electrons. The quantitative estimate of drug-likeness (QED) is 0.424. The first kappa shape index (κ1) is 29.3. The summed E-state index contributed by atoms with van der Waals surface area (Å²) >= 11 is 12.5. The highest BCUT2D eigenvalue weighted by Crippen LogP contribution is 2.36. The maximum atomic E-state index is 13.9. The Kier molecular flexibility index (Phi) is 9.51. The lowest BCUT2D eigenvalue weighted by Crippen LogP contribution is -2.53. The number of anilines is 1. The molecule has 1 N–H and O–H groups in total. The van der Waals surface area contributed by atoms with Crippen LogP contribution in [0.1, 0.15) is 51.5 Å². The average molecular weight is 599 g/mol. The van der Waals surface area contributed by atoms with Crippen LogP contribution in [0.15, 0.2) is 36.4 Å². The van der Waals surface area contributed by atoms with E-state index in [1.807, 2.05) is 0 Å². The van der Waals surface area contributed by atoms with Crippen LogP contribution in [0.5, 0.6) is 11.5 Å². The predicted octanol–water partition coefficient (Wildman–Crippen LogP) is 4.74. The summed E-state index contributed by atoms with van der Waals surface area (Å²) in [6.45, 7) is 2.66. The second-order valence-electron chi connectivity index (χ2n) is 9.72. The number of amides is 2. The molecular weight excluding hydrogens is 565 g/mol. The molecule has 1 aliphatic heterocycles. The molecule has 2 aliphatic rings. The van der Waals surface area contributed by atoms with Gasteiger partial charge in [-0.05, 0) is 56.5 Å². The number of ether oxygens (including phenoxy) is 2. The number of nitrogens with one attached hydrogen (secondary N) is 1. The van der Waals surface area contributed by atoms with E-state index in [2.05, 4.69) is 5.32 Å². The van der Waals surface area contributed by atoms with Crippen LogP contribution in [0.2, 0.25) is 10.0 Å². The van der Waals surface area contributed by atoms with Crippen molar-refractivity contribution in [3.05, 3.63) is 52.0 Å². The summed E-state index contributed by atoms with van der Waals surface area (Å²) in [5, 5.41) is 3.85. The first-order valence-corrected chi connectivity index (χ1v) is 15.4. The molecule has 0 spiro atoms. The zero-order valence-electron chi connectivity index (χ0n) is 22.0. The minimum atomic E-state index is -3.87. The number of rotatable bonds is 10. The summed E-state index contributed by atoms with van der Waals surface area (Å²) in [4.78, 5) is 28.5. The van der Waals surface area contributed by atoms with E-state index in [1.54, 1.807) is 37.3 Å².